The van der Waals surface area contributed by atoms with Crippen LogP contribution in [-0.4, -0.2) is 39.8 Å². The lowest BCUT2D eigenvalue weighted by molar-refractivity contribution is 0.286. The van der Waals surface area contributed by atoms with Gasteiger partial charge in [-0.2, -0.15) is 15.0 Å². The number of aromatic nitrogens is 3. The Morgan fingerprint density at radius 1 is 1.31 bits per heavy atom. The van der Waals surface area contributed by atoms with Gasteiger partial charge < -0.3 is 20.9 Å². The third kappa shape index (κ3) is 4.26. The lowest BCUT2D eigenvalue weighted by Gasteiger charge is -2.06. The first-order valence-electron chi connectivity index (χ1n) is 5.25. The Morgan fingerprint density at radius 3 is 2.81 bits per heavy atom. The summed E-state index contributed by atoms with van der Waals surface area (Å²) in [4.78, 5) is 11.8. The Hall–Kier alpha value is -1.63. The Bertz CT molecular complexity index is 321. The van der Waals surface area contributed by atoms with E-state index in [0.29, 0.717) is 19.1 Å². The molecule has 0 bridgehead atoms. The van der Waals surface area contributed by atoms with Crippen LogP contribution in [0.25, 0.3) is 0 Å². The molecule has 0 atom stereocenters. The van der Waals surface area contributed by atoms with Crippen LogP contribution in [0.3, 0.4) is 0 Å². The molecule has 0 spiro atoms. The van der Waals surface area contributed by atoms with Crippen LogP contribution in [0.5, 0.6) is 6.01 Å². The number of unbranched alkanes of at least 4 members (excludes halogenated alkanes) is 1. The Kier molecular flexibility index (Phi) is 5.27. The number of hydrogen-bond donors (Lipinski definition) is 3. The fourth-order valence-corrected chi connectivity index (χ4v) is 1.08. The van der Waals surface area contributed by atoms with Gasteiger partial charge in [0, 0.05) is 13.2 Å². The fourth-order valence-electron chi connectivity index (χ4n) is 1.08. The molecule has 1 heterocycles. The molecule has 0 radical (unpaired) electrons. The molecule has 1 rings (SSSR count). The van der Waals surface area contributed by atoms with Crippen molar-refractivity contribution in [3.05, 3.63) is 0 Å². The van der Waals surface area contributed by atoms with Crippen LogP contribution >= 0.6 is 0 Å². The molecule has 1 aromatic heterocycles. The maximum absolute atomic E-state index is 8.61. The summed E-state index contributed by atoms with van der Waals surface area (Å²) in [6.07, 6.45) is 1.58. The summed E-state index contributed by atoms with van der Waals surface area (Å²) >= 11 is 0. The molecule has 0 unspecified atom stereocenters. The zero-order chi connectivity index (χ0) is 11.8. The van der Waals surface area contributed by atoms with Crippen LogP contribution in [0.15, 0.2) is 0 Å². The number of aliphatic hydroxyl groups excluding tert-OH is 1. The number of nitrogens with one attached hydrogen (secondary N) is 1. The fraction of sp³-hybridized carbons (Fsp3) is 0.667. The van der Waals surface area contributed by atoms with E-state index >= 15 is 0 Å². The van der Waals surface area contributed by atoms with Crippen molar-refractivity contribution in [1.29, 1.82) is 0 Å². The maximum Gasteiger partial charge on any atom is 0.323 e. The monoisotopic (exact) mass is 227 g/mol. The molecule has 1 aromatic rings. The predicted octanol–water partition coefficient (Wildman–Crippen LogP) is 0.0369. The van der Waals surface area contributed by atoms with Crippen LogP contribution in [0.4, 0.5) is 11.9 Å². The minimum atomic E-state index is 0.128. The van der Waals surface area contributed by atoms with Gasteiger partial charge in [-0.15, -0.1) is 0 Å². The van der Waals surface area contributed by atoms with Crippen LogP contribution in [-0.2, 0) is 0 Å². The molecule has 16 heavy (non-hydrogen) atoms. The second kappa shape index (κ2) is 6.78. The van der Waals surface area contributed by atoms with Crippen LogP contribution in [0, 0.1) is 0 Å². The van der Waals surface area contributed by atoms with Gasteiger partial charge in [0.25, 0.3) is 0 Å². The first-order chi connectivity index (χ1) is 7.76. The van der Waals surface area contributed by atoms with Crippen molar-refractivity contribution >= 4 is 11.9 Å². The molecule has 0 saturated carbocycles. The zero-order valence-electron chi connectivity index (χ0n) is 9.31. The third-order valence-corrected chi connectivity index (χ3v) is 1.77. The summed E-state index contributed by atoms with van der Waals surface area (Å²) in [5.41, 5.74) is 5.50. The highest BCUT2D eigenvalue weighted by molar-refractivity contribution is 5.32. The smallest absolute Gasteiger partial charge is 0.323 e. The largest absolute Gasteiger partial charge is 0.464 e. The number of nitrogen functional groups attached to an aromatic ring is 1. The minimum absolute atomic E-state index is 0.128. The van der Waals surface area contributed by atoms with Crippen molar-refractivity contribution in [1.82, 2.24) is 15.0 Å². The molecule has 4 N–H and O–H groups in total. The molecule has 7 heteroatoms. The summed E-state index contributed by atoms with van der Waals surface area (Å²) in [5.74, 6) is 0.525. The Balaban J connectivity index is 2.51. The molecule has 0 fully saturated rings. The van der Waals surface area contributed by atoms with E-state index in [1.54, 1.807) is 0 Å². The lowest BCUT2D eigenvalue weighted by atomic mass is 10.3. The van der Waals surface area contributed by atoms with E-state index < -0.39 is 0 Å². The van der Waals surface area contributed by atoms with Gasteiger partial charge in [0.05, 0.1) is 6.61 Å². The summed E-state index contributed by atoms with van der Waals surface area (Å²) in [6.45, 7) is 3.18. The van der Waals surface area contributed by atoms with Gasteiger partial charge in [-0.25, -0.2) is 0 Å². The standard InChI is InChI=1S/C9H17N5O2/c1-2-16-9-13-7(10)12-8(14-9)11-5-3-4-6-15/h15H,2-6H2,1H3,(H3,10,11,12,13,14). The predicted molar refractivity (Wildman–Crippen MR) is 60.2 cm³/mol. The van der Waals surface area contributed by atoms with Crippen molar-refractivity contribution in [2.45, 2.75) is 19.8 Å². The summed E-state index contributed by atoms with van der Waals surface area (Å²) in [6, 6.07) is 0.222. The van der Waals surface area contributed by atoms with E-state index in [9.17, 15) is 0 Å². The molecule has 0 aliphatic rings. The summed E-state index contributed by atoms with van der Waals surface area (Å²) in [5, 5.41) is 11.6. The molecule has 90 valence electrons. The summed E-state index contributed by atoms with van der Waals surface area (Å²) in [7, 11) is 0. The van der Waals surface area contributed by atoms with E-state index in [2.05, 4.69) is 20.3 Å². The molecular formula is C9H17N5O2. The highest BCUT2D eigenvalue weighted by Gasteiger charge is 2.03. The lowest BCUT2D eigenvalue weighted by Crippen LogP contribution is -2.10. The molecule has 0 aliphatic carbocycles. The van der Waals surface area contributed by atoms with E-state index in [1.165, 1.54) is 0 Å². The highest BCUT2D eigenvalue weighted by atomic mass is 16.5. The van der Waals surface area contributed by atoms with Crippen LogP contribution in [0.2, 0.25) is 0 Å². The molecule has 0 aliphatic heterocycles. The van der Waals surface area contributed by atoms with Crippen molar-refractivity contribution in [2.75, 3.05) is 30.8 Å². The van der Waals surface area contributed by atoms with Gasteiger partial charge in [-0.1, -0.05) is 0 Å². The van der Waals surface area contributed by atoms with Crippen molar-refractivity contribution < 1.29 is 9.84 Å². The van der Waals surface area contributed by atoms with Gasteiger partial charge >= 0.3 is 6.01 Å². The van der Waals surface area contributed by atoms with Gasteiger partial charge in [0.15, 0.2) is 0 Å². The van der Waals surface area contributed by atoms with Gasteiger partial charge in [0.2, 0.25) is 11.9 Å². The van der Waals surface area contributed by atoms with E-state index in [1.807, 2.05) is 6.92 Å². The first-order valence-corrected chi connectivity index (χ1v) is 5.25. The number of rotatable bonds is 7. The average Bonchev–Trinajstić information content (AvgIpc) is 2.24. The topological polar surface area (TPSA) is 106 Å². The highest BCUT2D eigenvalue weighted by Crippen LogP contribution is 2.08. The Labute approximate surface area is 94.1 Å². The zero-order valence-corrected chi connectivity index (χ0v) is 9.31. The molecule has 0 saturated heterocycles. The normalized spacial score (nSPS) is 10.1. The van der Waals surface area contributed by atoms with Gasteiger partial charge in [-0.3, -0.25) is 0 Å². The number of ether oxygens (including phenoxy) is 1. The van der Waals surface area contributed by atoms with E-state index in [0.717, 1.165) is 12.8 Å². The molecule has 0 aromatic carbocycles. The number of nitrogens with two attached hydrogens (primary N) is 1. The van der Waals surface area contributed by atoms with Crippen LogP contribution in [0.1, 0.15) is 19.8 Å². The summed E-state index contributed by atoms with van der Waals surface area (Å²) < 4.78 is 5.13. The average molecular weight is 227 g/mol. The second-order valence-corrected chi connectivity index (χ2v) is 3.09. The quantitative estimate of drug-likeness (QED) is 0.564. The molecule has 7 nitrogen and oxygen atoms in total. The second-order valence-electron chi connectivity index (χ2n) is 3.09. The maximum atomic E-state index is 8.61. The molecular weight excluding hydrogens is 210 g/mol. The Morgan fingerprint density at radius 2 is 2.12 bits per heavy atom. The number of aliphatic hydroxyl groups is 1. The van der Waals surface area contributed by atoms with E-state index in [-0.39, 0.29) is 18.6 Å². The molecule has 0 amide bonds. The third-order valence-electron chi connectivity index (χ3n) is 1.77. The first kappa shape index (κ1) is 12.4. The number of hydrogen-bond acceptors (Lipinski definition) is 7. The minimum Gasteiger partial charge on any atom is -0.464 e. The number of anilines is 2. The SMILES string of the molecule is CCOc1nc(N)nc(NCCCCO)n1. The number of nitrogens with zero attached hydrogens (tertiary/aromatic N) is 3. The van der Waals surface area contributed by atoms with Gasteiger partial charge in [-0.05, 0) is 19.8 Å². The van der Waals surface area contributed by atoms with E-state index in [4.69, 9.17) is 15.6 Å². The van der Waals surface area contributed by atoms with Crippen molar-refractivity contribution in [3.63, 3.8) is 0 Å². The van der Waals surface area contributed by atoms with Gasteiger partial charge in [0.1, 0.15) is 0 Å². The van der Waals surface area contributed by atoms with Crippen LogP contribution < -0.4 is 15.8 Å². The van der Waals surface area contributed by atoms with Crippen molar-refractivity contribution in [2.24, 2.45) is 0 Å². The van der Waals surface area contributed by atoms with Crippen molar-refractivity contribution in [3.8, 4) is 6.01 Å².